The molecule has 0 aromatic carbocycles. The highest BCUT2D eigenvalue weighted by atomic mass is 16.4. The van der Waals surface area contributed by atoms with Crippen molar-refractivity contribution in [3.8, 4) is 0 Å². The minimum atomic E-state index is -0.748. The third-order valence-corrected chi connectivity index (χ3v) is 10.5. The monoisotopic (exact) mass is 468 g/mol. The number of hydrogen-bond donors (Lipinski definition) is 6. The van der Waals surface area contributed by atoms with E-state index in [1.165, 1.54) is 0 Å². The second-order valence-electron chi connectivity index (χ2n) is 12.0. The predicted octanol–water partition coefficient (Wildman–Crippen LogP) is 2.35. The van der Waals surface area contributed by atoms with Crippen molar-refractivity contribution in [2.75, 3.05) is 13.1 Å². The van der Waals surface area contributed by atoms with Gasteiger partial charge in [-0.2, -0.15) is 0 Å². The highest BCUT2D eigenvalue weighted by Crippen LogP contribution is 2.68. The van der Waals surface area contributed by atoms with Crippen molar-refractivity contribution in [2.24, 2.45) is 57.8 Å². The predicted molar refractivity (Wildman–Crippen MR) is 128 cm³/mol. The molecule has 0 aromatic heterocycles. The summed E-state index contributed by atoms with van der Waals surface area (Å²) in [5, 5.41) is 42.0. The first-order valence-electron chi connectivity index (χ1n) is 13.2. The fourth-order valence-corrected chi connectivity index (χ4v) is 8.68. The first kappa shape index (κ1) is 26.9. The summed E-state index contributed by atoms with van der Waals surface area (Å²) in [6, 6.07) is 0. The molecule has 0 amide bonds. The lowest BCUT2D eigenvalue weighted by Crippen LogP contribution is -2.62. The van der Waals surface area contributed by atoms with Gasteiger partial charge in [0.2, 0.25) is 0 Å². The van der Waals surface area contributed by atoms with Crippen LogP contribution in [0.3, 0.4) is 0 Å². The first-order valence-corrected chi connectivity index (χ1v) is 13.2. The Morgan fingerprint density at radius 3 is 2.27 bits per heavy atom. The molecule has 7 heteroatoms. The average molecular weight is 469 g/mol. The standard InChI is InChI=1S/C24H40O5.C2H8N2/c1-13(4-7-21(28)29)16-5-6-17-22-18(12-20(27)24(16,17)3)23(2)9-8-15(25)10-14(23)11-19(22)26;3-1-2-4/h13-20,22,25-27H,4-12H2,1-3H3,(H,28,29);1-4H2/t13-,14+,15-,16-,17+,18+,19-,20+,22+,23+,24-;/m1./s1. The molecule has 0 aromatic rings. The van der Waals surface area contributed by atoms with Crippen molar-refractivity contribution in [2.45, 2.75) is 96.9 Å². The van der Waals surface area contributed by atoms with Crippen LogP contribution in [0.2, 0.25) is 0 Å². The molecule has 0 saturated heterocycles. The van der Waals surface area contributed by atoms with E-state index >= 15 is 0 Å². The SMILES string of the molecule is C[C@H](CCC(=O)O)[C@H]1CC[C@H]2[C@@H]3[C@H](O)C[C@@H]4C[C@H](O)CC[C@]4(C)[C@H]3C[C@H](O)[C@]12C.NCCN. The Hall–Kier alpha value is -0.730. The first-order chi connectivity index (χ1) is 15.5. The van der Waals surface area contributed by atoms with Crippen LogP contribution in [0.15, 0.2) is 0 Å². The van der Waals surface area contributed by atoms with Gasteiger partial charge >= 0.3 is 5.97 Å². The van der Waals surface area contributed by atoms with E-state index in [0.717, 1.165) is 44.9 Å². The molecule has 11 atom stereocenters. The maximum atomic E-state index is 11.5. The highest BCUT2D eigenvalue weighted by Gasteiger charge is 2.65. The van der Waals surface area contributed by atoms with Gasteiger partial charge in [0.1, 0.15) is 0 Å². The molecular weight excluding hydrogens is 420 g/mol. The molecule has 4 fully saturated rings. The molecule has 0 heterocycles. The van der Waals surface area contributed by atoms with E-state index in [4.69, 9.17) is 16.6 Å². The van der Waals surface area contributed by atoms with E-state index in [1.54, 1.807) is 0 Å². The zero-order valence-electron chi connectivity index (χ0n) is 20.8. The summed E-state index contributed by atoms with van der Waals surface area (Å²) in [5.41, 5.74) is 9.66. The minimum absolute atomic E-state index is 0.0957. The van der Waals surface area contributed by atoms with Gasteiger partial charge < -0.3 is 31.9 Å². The van der Waals surface area contributed by atoms with E-state index in [-0.39, 0.29) is 41.3 Å². The molecule has 192 valence electrons. The van der Waals surface area contributed by atoms with Gasteiger partial charge in [-0.25, -0.2) is 0 Å². The van der Waals surface area contributed by atoms with Crippen molar-refractivity contribution < 1.29 is 25.2 Å². The van der Waals surface area contributed by atoms with E-state index in [9.17, 15) is 20.1 Å². The van der Waals surface area contributed by atoms with Gasteiger partial charge in [0.25, 0.3) is 0 Å². The lowest BCUT2D eigenvalue weighted by molar-refractivity contribution is -0.207. The van der Waals surface area contributed by atoms with Crippen molar-refractivity contribution in [1.29, 1.82) is 0 Å². The Balaban J connectivity index is 0.000000709. The second-order valence-corrected chi connectivity index (χ2v) is 12.0. The van der Waals surface area contributed by atoms with Crippen LogP contribution < -0.4 is 11.5 Å². The number of carbonyl (C=O) groups is 1. The van der Waals surface area contributed by atoms with Gasteiger partial charge in [0.05, 0.1) is 18.3 Å². The molecule has 33 heavy (non-hydrogen) atoms. The fraction of sp³-hybridized carbons (Fsp3) is 0.962. The Morgan fingerprint density at radius 2 is 1.67 bits per heavy atom. The van der Waals surface area contributed by atoms with Crippen molar-refractivity contribution >= 4 is 5.97 Å². The van der Waals surface area contributed by atoms with E-state index in [2.05, 4.69) is 20.8 Å². The van der Waals surface area contributed by atoms with Gasteiger partial charge in [0.15, 0.2) is 0 Å². The molecule has 0 bridgehead atoms. The Bertz CT molecular complexity index is 675. The molecule has 0 aliphatic heterocycles. The van der Waals surface area contributed by atoms with Crippen LogP contribution in [0.5, 0.6) is 0 Å². The third-order valence-electron chi connectivity index (χ3n) is 10.5. The van der Waals surface area contributed by atoms with Crippen molar-refractivity contribution in [1.82, 2.24) is 0 Å². The molecule has 8 N–H and O–H groups in total. The molecule has 0 unspecified atom stereocenters. The number of aliphatic hydroxyl groups is 3. The number of aliphatic carboxylic acids is 1. The second kappa shape index (κ2) is 10.5. The molecule has 4 saturated carbocycles. The van der Waals surface area contributed by atoms with Gasteiger partial charge in [-0.3, -0.25) is 4.79 Å². The van der Waals surface area contributed by atoms with Crippen molar-refractivity contribution in [3.63, 3.8) is 0 Å². The van der Waals surface area contributed by atoms with Crippen LogP contribution in [0.4, 0.5) is 0 Å². The molecule has 0 spiro atoms. The van der Waals surface area contributed by atoms with Gasteiger partial charge in [-0.15, -0.1) is 0 Å². The zero-order valence-corrected chi connectivity index (χ0v) is 20.8. The van der Waals surface area contributed by atoms with Crippen LogP contribution in [-0.2, 0) is 4.79 Å². The number of carboxylic acid groups (broad SMARTS) is 1. The van der Waals surface area contributed by atoms with Crippen LogP contribution in [0.25, 0.3) is 0 Å². The summed E-state index contributed by atoms with van der Waals surface area (Å²) in [7, 11) is 0. The van der Waals surface area contributed by atoms with Gasteiger partial charge in [-0.1, -0.05) is 20.8 Å². The normalized spacial score (nSPS) is 47.4. The lowest BCUT2D eigenvalue weighted by Gasteiger charge is -2.63. The quantitative estimate of drug-likeness (QED) is 0.362. The van der Waals surface area contributed by atoms with Gasteiger partial charge in [-0.05, 0) is 97.7 Å². The van der Waals surface area contributed by atoms with Crippen LogP contribution in [0.1, 0.15) is 78.6 Å². The highest BCUT2D eigenvalue weighted by molar-refractivity contribution is 5.66. The molecule has 4 rings (SSSR count). The number of nitrogens with two attached hydrogens (primary N) is 2. The maximum absolute atomic E-state index is 11.5. The molecule has 4 aliphatic rings. The molecule has 4 aliphatic carbocycles. The Kier molecular flexibility index (Phi) is 8.54. The van der Waals surface area contributed by atoms with E-state index in [0.29, 0.717) is 43.2 Å². The van der Waals surface area contributed by atoms with Crippen molar-refractivity contribution in [3.05, 3.63) is 0 Å². The van der Waals surface area contributed by atoms with Crippen LogP contribution in [0, 0.1) is 46.3 Å². The van der Waals surface area contributed by atoms with Crippen LogP contribution in [-0.4, -0.2) is 57.8 Å². The summed E-state index contributed by atoms with van der Waals surface area (Å²) < 4.78 is 0. The summed E-state index contributed by atoms with van der Waals surface area (Å²) >= 11 is 0. The zero-order chi connectivity index (χ0) is 24.6. The minimum Gasteiger partial charge on any atom is -0.481 e. The Labute approximate surface area is 199 Å². The Morgan fingerprint density at radius 1 is 1.00 bits per heavy atom. The van der Waals surface area contributed by atoms with E-state index in [1.807, 2.05) is 0 Å². The van der Waals surface area contributed by atoms with Crippen LogP contribution >= 0.6 is 0 Å². The lowest BCUT2D eigenvalue weighted by atomic mass is 9.43. The number of fused-ring (bicyclic) bond motifs is 5. The molecule has 0 radical (unpaired) electrons. The summed E-state index contributed by atoms with van der Waals surface area (Å²) in [6.45, 7) is 7.92. The van der Waals surface area contributed by atoms with Gasteiger partial charge in [0, 0.05) is 19.5 Å². The molecular formula is C26H48N2O5. The summed E-state index contributed by atoms with van der Waals surface area (Å²) in [5.74, 6) is 0.997. The molecule has 7 nitrogen and oxygen atoms in total. The summed E-state index contributed by atoms with van der Waals surface area (Å²) in [4.78, 5) is 11.1. The largest absolute Gasteiger partial charge is 0.481 e. The smallest absolute Gasteiger partial charge is 0.303 e. The average Bonchev–Trinajstić information content (AvgIpc) is 3.12. The number of aliphatic hydroxyl groups excluding tert-OH is 3. The summed E-state index contributed by atoms with van der Waals surface area (Å²) in [6.07, 6.45) is 6.00. The fourth-order valence-electron chi connectivity index (χ4n) is 8.68. The topological polar surface area (TPSA) is 150 Å². The number of carboxylic acids is 1. The number of rotatable bonds is 5. The van der Waals surface area contributed by atoms with E-state index < -0.39 is 12.1 Å². The maximum Gasteiger partial charge on any atom is 0.303 e. The third kappa shape index (κ3) is 4.86. The number of hydrogen-bond acceptors (Lipinski definition) is 6.